The van der Waals surface area contributed by atoms with E-state index in [1.165, 1.54) is 29.7 Å². The van der Waals surface area contributed by atoms with E-state index >= 15 is 0 Å². The second kappa shape index (κ2) is 9.40. The van der Waals surface area contributed by atoms with Crippen LogP contribution in [0.2, 0.25) is 5.02 Å². The molecule has 11 heteroatoms. The normalized spacial score (nSPS) is 15.3. The molecule has 33 heavy (non-hydrogen) atoms. The first-order valence-electron chi connectivity index (χ1n) is 9.82. The molecule has 1 aromatic carbocycles. The molecule has 0 saturated carbocycles. The maximum atomic E-state index is 14.5. The molecule has 3 rings (SSSR count). The number of hydrogen-bond acceptors (Lipinski definition) is 4. The van der Waals surface area contributed by atoms with Gasteiger partial charge in [0.15, 0.2) is 0 Å². The standard InChI is InChI=1S/C22H22ClF4N3OS2/c1-13-12-32-19(29-13)10-21(30-33(31)20(2,3)4,18-6-5-16(23)11-28-18)14-7-15(22(25,26)27)9-17(24)8-14/h5-9,11-12,30H,10H2,1-4H3/t21-,33?/m0/s1. The number of halogens is 5. The van der Waals surface area contributed by atoms with E-state index < -0.39 is 38.8 Å². The molecule has 178 valence electrons. The summed E-state index contributed by atoms with van der Waals surface area (Å²) in [6, 6.07) is 5.33. The molecule has 2 atom stereocenters. The first-order chi connectivity index (χ1) is 15.2. The van der Waals surface area contributed by atoms with Gasteiger partial charge in [-0.15, -0.1) is 11.3 Å². The van der Waals surface area contributed by atoms with Gasteiger partial charge in [0.1, 0.15) is 11.4 Å². The molecule has 0 aliphatic carbocycles. The Labute approximate surface area is 201 Å². The van der Waals surface area contributed by atoms with Crippen LogP contribution in [0.1, 0.15) is 48.3 Å². The van der Waals surface area contributed by atoms with Gasteiger partial charge in [-0.05, 0) is 63.6 Å². The van der Waals surface area contributed by atoms with E-state index in [4.69, 9.17) is 11.6 Å². The van der Waals surface area contributed by atoms with Crippen molar-refractivity contribution in [2.45, 2.75) is 50.6 Å². The maximum Gasteiger partial charge on any atom is 0.416 e. The molecule has 0 aliphatic rings. The number of rotatable bonds is 6. The number of nitrogens with one attached hydrogen (secondary N) is 1. The molecule has 2 heterocycles. The third kappa shape index (κ3) is 5.98. The van der Waals surface area contributed by atoms with Crippen LogP contribution in [0.5, 0.6) is 0 Å². The number of aryl methyl sites for hydroxylation is 1. The Balaban J connectivity index is 2.34. The summed E-state index contributed by atoms with van der Waals surface area (Å²) in [5, 5.41) is 2.66. The third-order valence-electron chi connectivity index (χ3n) is 4.79. The molecule has 0 spiro atoms. The number of alkyl halides is 3. The van der Waals surface area contributed by atoms with E-state index in [0.717, 1.165) is 17.8 Å². The van der Waals surface area contributed by atoms with E-state index in [2.05, 4.69) is 14.7 Å². The lowest BCUT2D eigenvalue weighted by atomic mass is 9.83. The van der Waals surface area contributed by atoms with Gasteiger partial charge in [-0.3, -0.25) is 4.98 Å². The SMILES string of the molecule is Cc1csc(C[C@](NS(=O)C(C)(C)C)(c2cc(F)cc(C(F)(F)F)c2)c2ccc(Cl)cn2)n1. The lowest BCUT2D eigenvalue weighted by Crippen LogP contribution is -2.51. The van der Waals surface area contributed by atoms with Crippen LogP contribution in [-0.4, -0.2) is 18.9 Å². The first-order valence-corrected chi connectivity index (χ1v) is 12.2. The predicted molar refractivity (Wildman–Crippen MR) is 123 cm³/mol. The molecule has 0 saturated heterocycles. The molecule has 0 fully saturated rings. The highest BCUT2D eigenvalue weighted by Crippen LogP contribution is 2.39. The summed E-state index contributed by atoms with van der Waals surface area (Å²) < 4.78 is 70.7. The minimum absolute atomic E-state index is 0.0112. The molecule has 0 radical (unpaired) electrons. The van der Waals surface area contributed by atoms with Crippen molar-refractivity contribution >= 4 is 33.9 Å². The minimum atomic E-state index is -4.78. The fraction of sp³-hybridized carbons (Fsp3) is 0.364. The largest absolute Gasteiger partial charge is 0.416 e. The van der Waals surface area contributed by atoms with E-state index in [9.17, 15) is 21.8 Å². The molecule has 0 amide bonds. The Kier molecular flexibility index (Phi) is 7.33. The summed E-state index contributed by atoms with van der Waals surface area (Å²) >= 11 is 7.30. The average molecular weight is 520 g/mol. The van der Waals surface area contributed by atoms with Gasteiger partial charge in [0, 0.05) is 23.7 Å². The zero-order chi connectivity index (χ0) is 24.6. The zero-order valence-corrected chi connectivity index (χ0v) is 20.6. The summed E-state index contributed by atoms with van der Waals surface area (Å²) in [6.45, 7) is 6.94. The highest BCUT2D eigenvalue weighted by atomic mass is 35.5. The lowest BCUT2D eigenvalue weighted by Gasteiger charge is -2.36. The van der Waals surface area contributed by atoms with Crippen molar-refractivity contribution in [1.29, 1.82) is 0 Å². The van der Waals surface area contributed by atoms with Crippen molar-refractivity contribution in [1.82, 2.24) is 14.7 Å². The maximum absolute atomic E-state index is 14.5. The molecule has 3 aromatic rings. The van der Waals surface area contributed by atoms with Crippen LogP contribution in [-0.2, 0) is 29.1 Å². The van der Waals surface area contributed by atoms with Crippen molar-refractivity contribution < 1.29 is 21.8 Å². The number of nitrogens with zero attached hydrogens (tertiary/aromatic N) is 2. The fourth-order valence-electron chi connectivity index (χ4n) is 3.14. The van der Waals surface area contributed by atoms with Gasteiger partial charge in [0.25, 0.3) is 0 Å². The molecule has 1 N–H and O–H groups in total. The molecular formula is C22H22ClF4N3OS2. The highest BCUT2D eigenvalue weighted by molar-refractivity contribution is 7.84. The predicted octanol–water partition coefficient (Wildman–Crippen LogP) is 6.20. The molecular weight excluding hydrogens is 498 g/mol. The Morgan fingerprint density at radius 3 is 2.30 bits per heavy atom. The van der Waals surface area contributed by atoms with Gasteiger partial charge >= 0.3 is 6.18 Å². The Morgan fingerprint density at radius 1 is 1.12 bits per heavy atom. The molecule has 0 bridgehead atoms. The topological polar surface area (TPSA) is 54.9 Å². The van der Waals surface area contributed by atoms with Crippen LogP contribution in [0.25, 0.3) is 0 Å². The van der Waals surface area contributed by atoms with Gasteiger partial charge in [-0.2, -0.15) is 13.2 Å². The highest BCUT2D eigenvalue weighted by Gasteiger charge is 2.43. The van der Waals surface area contributed by atoms with E-state index in [0.29, 0.717) is 16.1 Å². The van der Waals surface area contributed by atoms with Crippen LogP contribution in [0.3, 0.4) is 0 Å². The summed E-state index contributed by atoms with van der Waals surface area (Å²) in [7, 11) is -1.76. The molecule has 2 aromatic heterocycles. The van der Waals surface area contributed by atoms with Gasteiger partial charge in [-0.1, -0.05) is 11.6 Å². The van der Waals surface area contributed by atoms with Gasteiger partial charge in [-0.25, -0.2) is 18.3 Å². The second-order valence-corrected chi connectivity index (χ2v) is 11.9. The fourth-order valence-corrected chi connectivity index (χ4v) is 5.02. The quantitative estimate of drug-likeness (QED) is 0.395. The van der Waals surface area contributed by atoms with Crippen molar-refractivity contribution in [3.05, 3.63) is 80.3 Å². The van der Waals surface area contributed by atoms with Crippen LogP contribution in [0, 0.1) is 12.7 Å². The number of benzene rings is 1. The zero-order valence-electron chi connectivity index (χ0n) is 18.3. The number of aromatic nitrogens is 2. The Hall–Kier alpha value is -1.88. The molecule has 1 unspecified atom stereocenters. The average Bonchev–Trinajstić information content (AvgIpc) is 3.10. The number of thiazole rings is 1. The van der Waals surface area contributed by atoms with Crippen LogP contribution >= 0.6 is 22.9 Å². The van der Waals surface area contributed by atoms with Crippen molar-refractivity contribution in [3.8, 4) is 0 Å². The lowest BCUT2D eigenvalue weighted by molar-refractivity contribution is -0.137. The number of pyridine rings is 1. The summed E-state index contributed by atoms with van der Waals surface area (Å²) in [6.07, 6.45) is -3.45. The monoisotopic (exact) mass is 519 g/mol. The van der Waals surface area contributed by atoms with E-state index in [1.807, 2.05) is 0 Å². The van der Waals surface area contributed by atoms with E-state index in [-0.39, 0.29) is 17.7 Å². The van der Waals surface area contributed by atoms with Gasteiger partial charge in [0.05, 0.1) is 37.0 Å². The van der Waals surface area contributed by atoms with Crippen LogP contribution in [0.15, 0.2) is 41.9 Å². The van der Waals surface area contributed by atoms with Crippen molar-refractivity contribution in [2.75, 3.05) is 0 Å². The third-order valence-corrected chi connectivity index (χ3v) is 7.63. The van der Waals surface area contributed by atoms with Crippen LogP contribution < -0.4 is 4.72 Å². The van der Waals surface area contributed by atoms with E-state index in [1.54, 1.807) is 33.1 Å². The van der Waals surface area contributed by atoms with Crippen LogP contribution in [0.4, 0.5) is 17.6 Å². The van der Waals surface area contributed by atoms with Gasteiger partial charge < -0.3 is 0 Å². The number of hydrogen-bond donors (Lipinski definition) is 1. The molecule has 4 nitrogen and oxygen atoms in total. The minimum Gasteiger partial charge on any atom is -0.257 e. The van der Waals surface area contributed by atoms with Crippen molar-refractivity contribution in [2.24, 2.45) is 0 Å². The Bertz CT molecular complexity index is 1160. The summed E-state index contributed by atoms with van der Waals surface area (Å²) in [4.78, 5) is 8.77. The summed E-state index contributed by atoms with van der Waals surface area (Å²) in [5.74, 6) is -1.07. The van der Waals surface area contributed by atoms with Gasteiger partial charge in [0.2, 0.25) is 0 Å². The molecule has 0 aliphatic heterocycles. The van der Waals surface area contributed by atoms with Crippen molar-refractivity contribution in [3.63, 3.8) is 0 Å². The smallest absolute Gasteiger partial charge is 0.257 e. The second-order valence-electron chi connectivity index (χ2n) is 8.54. The first kappa shape index (κ1) is 25.7. The summed E-state index contributed by atoms with van der Waals surface area (Å²) in [5.41, 5.74) is -1.87. The Morgan fingerprint density at radius 2 is 1.79 bits per heavy atom.